The number of ether oxygens (including phenoxy) is 1. The zero-order chi connectivity index (χ0) is 10.1. The molecule has 1 spiro atoms. The smallest absolute Gasteiger partial charge is 0.0810 e. The fourth-order valence-electron chi connectivity index (χ4n) is 3.64. The Labute approximate surface area is 92.8 Å². The largest absolute Gasteiger partial charge is 0.369 e. The lowest BCUT2D eigenvalue weighted by Crippen LogP contribution is -2.57. The average Bonchev–Trinajstić information content (AvgIpc) is 2.57. The molecule has 1 heterocycles. The molecule has 3 aliphatic rings. The minimum Gasteiger partial charge on any atom is -0.369 e. The number of rotatable bonds is 0. The second kappa shape index (κ2) is 4.06. The molecule has 2 saturated carbocycles. The minimum atomic E-state index is 0.242. The van der Waals surface area contributed by atoms with Crippen molar-refractivity contribution in [2.75, 3.05) is 6.54 Å². The van der Waals surface area contributed by atoms with E-state index in [2.05, 4.69) is 5.32 Å². The van der Waals surface area contributed by atoms with E-state index in [1.807, 2.05) is 0 Å². The van der Waals surface area contributed by atoms with E-state index in [0.29, 0.717) is 12.1 Å². The number of nitrogens with one attached hydrogen (secondary N) is 1. The first-order valence-electron chi connectivity index (χ1n) is 6.79. The Bertz CT molecular complexity index is 223. The summed E-state index contributed by atoms with van der Waals surface area (Å²) >= 11 is 0. The Morgan fingerprint density at radius 2 is 1.73 bits per heavy atom. The summed E-state index contributed by atoms with van der Waals surface area (Å²) in [6.07, 6.45) is 12.7. The topological polar surface area (TPSA) is 21.3 Å². The van der Waals surface area contributed by atoms with Crippen LogP contribution in [0.15, 0.2) is 0 Å². The number of hydrogen-bond acceptors (Lipinski definition) is 2. The lowest BCUT2D eigenvalue weighted by atomic mass is 9.94. The molecule has 0 amide bonds. The molecule has 2 nitrogen and oxygen atoms in total. The summed E-state index contributed by atoms with van der Waals surface area (Å²) in [6, 6.07) is 0.665. The van der Waals surface area contributed by atoms with E-state index in [9.17, 15) is 0 Å². The Kier molecular flexibility index (Phi) is 2.73. The van der Waals surface area contributed by atoms with Crippen LogP contribution >= 0.6 is 0 Å². The molecule has 3 fully saturated rings. The van der Waals surface area contributed by atoms with E-state index in [1.165, 1.54) is 57.8 Å². The zero-order valence-electron chi connectivity index (χ0n) is 9.63. The van der Waals surface area contributed by atoms with Gasteiger partial charge in [-0.3, -0.25) is 0 Å². The standard InChI is InChI=1S/C13H23NO/c1-2-6-11-12(7-3-1)15-13(10-14-11)8-4-5-9-13/h11-12,14H,1-10H2. The van der Waals surface area contributed by atoms with Crippen molar-refractivity contribution in [1.82, 2.24) is 5.32 Å². The molecule has 86 valence electrons. The summed E-state index contributed by atoms with van der Waals surface area (Å²) in [5.41, 5.74) is 0.242. The summed E-state index contributed by atoms with van der Waals surface area (Å²) in [7, 11) is 0. The van der Waals surface area contributed by atoms with Gasteiger partial charge in [0.2, 0.25) is 0 Å². The molecule has 0 aromatic heterocycles. The third-order valence-corrected chi connectivity index (χ3v) is 4.56. The van der Waals surface area contributed by atoms with Gasteiger partial charge in [0.1, 0.15) is 0 Å². The van der Waals surface area contributed by atoms with Crippen molar-refractivity contribution < 1.29 is 4.74 Å². The van der Waals surface area contributed by atoms with Crippen molar-refractivity contribution in [1.29, 1.82) is 0 Å². The molecule has 2 aliphatic carbocycles. The van der Waals surface area contributed by atoms with Gasteiger partial charge in [-0.25, -0.2) is 0 Å². The summed E-state index contributed by atoms with van der Waals surface area (Å²) in [4.78, 5) is 0. The number of hydrogen-bond donors (Lipinski definition) is 1. The zero-order valence-corrected chi connectivity index (χ0v) is 9.63. The first-order valence-corrected chi connectivity index (χ1v) is 6.79. The van der Waals surface area contributed by atoms with Crippen molar-refractivity contribution >= 4 is 0 Å². The molecule has 0 radical (unpaired) electrons. The normalized spacial score (nSPS) is 40.0. The second-order valence-corrected chi connectivity index (χ2v) is 5.67. The Morgan fingerprint density at radius 1 is 0.933 bits per heavy atom. The van der Waals surface area contributed by atoms with Crippen LogP contribution in [0, 0.1) is 0 Å². The third kappa shape index (κ3) is 1.94. The van der Waals surface area contributed by atoms with Gasteiger partial charge in [0.15, 0.2) is 0 Å². The summed E-state index contributed by atoms with van der Waals surface area (Å²) in [5.74, 6) is 0. The van der Waals surface area contributed by atoms with Crippen LogP contribution in [-0.2, 0) is 4.74 Å². The molecule has 2 unspecified atom stereocenters. The van der Waals surface area contributed by atoms with Crippen LogP contribution in [0.3, 0.4) is 0 Å². The SMILES string of the molecule is C1CCC2NCC3(CCCC3)OC2CC1. The highest BCUT2D eigenvalue weighted by atomic mass is 16.5. The monoisotopic (exact) mass is 209 g/mol. The van der Waals surface area contributed by atoms with Crippen molar-refractivity contribution in [3.05, 3.63) is 0 Å². The van der Waals surface area contributed by atoms with Crippen LogP contribution in [0.2, 0.25) is 0 Å². The molecule has 0 aromatic rings. The minimum absolute atomic E-state index is 0.242. The molecule has 15 heavy (non-hydrogen) atoms. The molecule has 2 heteroatoms. The van der Waals surface area contributed by atoms with E-state index in [4.69, 9.17) is 4.74 Å². The van der Waals surface area contributed by atoms with E-state index >= 15 is 0 Å². The Morgan fingerprint density at radius 3 is 2.60 bits per heavy atom. The lowest BCUT2D eigenvalue weighted by molar-refractivity contribution is -0.133. The van der Waals surface area contributed by atoms with E-state index in [0.717, 1.165) is 6.54 Å². The number of morpholine rings is 1. The van der Waals surface area contributed by atoms with Gasteiger partial charge in [-0.1, -0.05) is 32.1 Å². The summed E-state index contributed by atoms with van der Waals surface area (Å²) in [5, 5.41) is 3.77. The van der Waals surface area contributed by atoms with Crippen molar-refractivity contribution in [3.8, 4) is 0 Å². The quantitative estimate of drug-likeness (QED) is 0.662. The number of fused-ring (bicyclic) bond motifs is 1. The summed E-state index contributed by atoms with van der Waals surface area (Å²) < 4.78 is 6.46. The molecule has 1 N–H and O–H groups in total. The molecular formula is C13H23NO. The Balaban J connectivity index is 1.69. The van der Waals surface area contributed by atoms with Crippen LogP contribution in [-0.4, -0.2) is 24.3 Å². The maximum Gasteiger partial charge on any atom is 0.0810 e. The molecular weight excluding hydrogens is 186 g/mol. The summed E-state index contributed by atoms with van der Waals surface area (Å²) in [6.45, 7) is 1.12. The fraction of sp³-hybridized carbons (Fsp3) is 1.00. The van der Waals surface area contributed by atoms with Crippen molar-refractivity contribution in [2.24, 2.45) is 0 Å². The van der Waals surface area contributed by atoms with E-state index in [-0.39, 0.29) is 5.60 Å². The second-order valence-electron chi connectivity index (χ2n) is 5.67. The van der Waals surface area contributed by atoms with Gasteiger partial charge in [0.05, 0.1) is 11.7 Å². The highest BCUT2D eigenvalue weighted by molar-refractivity contribution is 4.97. The molecule has 1 saturated heterocycles. The van der Waals surface area contributed by atoms with Crippen LogP contribution in [0.25, 0.3) is 0 Å². The highest BCUT2D eigenvalue weighted by Crippen LogP contribution is 2.38. The first-order chi connectivity index (χ1) is 7.38. The van der Waals surface area contributed by atoms with Gasteiger partial charge < -0.3 is 10.1 Å². The molecule has 1 aliphatic heterocycles. The highest BCUT2D eigenvalue weighted by Gasteiger charge is 2.43. The Hall–Kier alpha value is -0.0800. The first kappa shape index (κ1) is 10.1. The predicted molar refractivity (Wildman–Crippen MR) is 60.9 cm³/mol. The van der Waals surface area contributed by atoms with Crippen LogP contribution < -0.4 is 5.32 Å². The van der Waals surface area contributed by atoms with Gasteiger partial charge in [-0.15, -0.1) is 0 Å². The van der Waals surface area contributed by atoms with Gasteiger partial charge in [-0.2, -0.15) is 0 Å². The third-order valence-electron chi connectivity index (χ3n) is 4.56. The molecule has 3 rings (SSSR count). The predicted octanol–water partition coefficient (Wildman–Crippen LogP) is 2.62. The maximum absolute atomic E-state index is 6.46. The van der Waals surface area contributed by atoms with E-state index < -0.39 is 0 Å². The van der Waals surface area contributed by atoms with Gasteiger partial charge in [0.25, 0.3) is 0 Å². The van der Waals surface area contributed by atoms with Crippen molar-refractivity contribution in [3.63, 3.8) is 0 Å². The lowest BCUT2D eigenvalue weighted by Gasteiger charge is -2.43. The van der Waals surface area contributed by atoms with E-state index in [1.54, 1.807) is 0 Å². The fourth-order valence-corrected chi connectivity index (χ4v) is 3.64. The average molecular weight is 209 g/mol. The van der Waals surface area contributed by atoms with Gasteiger partial charge in [-0.05, 0) is 25.7 Å². The van der Waals surface area contributed by atoms with Gasteiger partial charge >= 0.3 is 0 Å². The molecule has 0 bridgehead atoms. The maximum atomic E-state index is 6.46. The van der Waals surface area contributed by atoms with Crippen LogP contribution in [0.5, 0.6) is 0 Å². The van der Waals surface area contributed by atoms with Crippen LogP contribution in [0.1, 0.15) is 57.8 Å². The molecule has 2 atom stereocenters. The van der Waals surface area contributed by atoms with Crippen LogP contribution in [0.4, 0.5) is 0 Å². The van der Waals surface area contributed by atoms with Crippen molar-refractivity contribution in [2.45, 2.75) is 75.5 Å². The van der Waals surface area contributed by atoms with Gasteiger partial charge in [0, 0.05) is 12.6 Å². The molecule has 0 aromatic carbocycles.